The van der Waals surface area contributed by atoms with Crippen LogP contribution in [0.15, 0.2) is 12.1 Å². The number of rotatable bonds is 1. The van der Waals surface area contributed by atoms with Crippen LogP contribution in [0, 0.1) is 0 Å². The number of hydrogen-bond donors (Lipinski definition) is 1. The van der Waals surface area contributed by atoms with Crippen molar-refractivity contribution >= 4 is 0 Å². The lowest BCUT2D eigenvalue weighted by atomic mass is 9.98. The molecule has 0 spiro atoms. The molecule has 2 aliphatic rings. The lowest BCUT2D eigenvalue weighted by Crippen LogP contribution is -2.25. The number of benzene rings is 1. The van der Waals surface area contributed by atoms with Gasteiger partial charge in [-0.05, 0) is 20.3 Å². The van der Waals surface area contributed by atoms with Crippen LogP contribution in [0.25, 0.3) is 0 Å². The Labute approximate surface area is 102 Å². The summed E-state index contributed by atoms with van der Waals surface area (Å²) in [4.78, 5) is 0. The molecule has 2 N–H and O–H groups in total. The molecule has 0 saturated carbocycles. The Kier molecular flexibility index (Phi) is 2.17. The lowest BCUT2D eigenvalue weighted by Gasteiger charge is -2.18. The average molecular weight is 233 g/mol. The predicted molar refractivity (Wildman–Crippen MR) is 66.5 cm³/mol. The minimum Gasteiger partial charge on any atom is -0.484 e. The van der Waals surface area contributed by atoms with Crippen molar-refractivity contribution in [3.8, 4) is 11.5 Å². The van der Waals surface area contributed by atoms with E-state index in [1.165, 1.54) is 5.56 Å². The SMILES string of the molecule is CCC1Oc2c(ccc3c2OC(C)(C)C3)C1N. The molecule has 0 amide bonds. The van der Waals surface area contributed by atoms with E-state index in [-0.39, 0.29) is 17.7 Å². The Morgan fingerprint density at radius 2 is 2.12 bits per heavy atom. The maximum absolute atomic E-state index is 6.18. The molecular weight excluding hydrogens is 214 g/mol. The standard InChI is InChI=1S/C14H19NO2/c1-4-10-11(15)9-6-5-8-7-14(2,3)17-12(8)13(9)16-10/h5-6,10-11H,4,7,15H2,1-3H3. The summed E-state index contributed by atoms with van der Waals surface area (Å²) in [5.41, 5.74) is 8.38. The van der Waals surface area contributed by atoms with E-state index >= 15 is 0 Å². The third-order valence-electron chi connectivity index (χ3n) is 3.65. The van der Waals surface area contributed by atoms with Gasteiger partial charge in [0.1, 0.15) is 11.7 Å². The summed E-state index contributed by atoms with van der Waals surface area (Å²) in [7, 11) is 0. The van der Waals surface area contributed by atoms with E-state index in [9.17, 15) is 0 Å². The summed E-state index contributed by atoms with van der Waals surface area (Å²) in [5.74, 6) is 1.80. The van der Waals surface area contributed by atoms with Crippen molar-refractivity contribution in [2.75, 3.05) is 0 Å². The van der Waals surface area contributed by atoms with Crippen LogP contribution >= 0.6 is 0 Å². The molecule has 17 heavy (non-hydrogen) atoms. The summed E-state index contributed by atoms with van der Waals surface area (Å²) in [6.45, 7) is 6.30. The highest BCUT2D eigenvalue weighted by atomic mass is 16.5. The van der Waals surface area contributed by atoms with Gasteiger partial charge in [0.2, 0.25) is 0 Å². The fourth-order valence-corrected chi connectivity index (χ4v) is 2.79. The van der Waals surface area contributed by atoms with E-state index in [2.05, 4.69) is 32.9 Å². The average Bonchev–Trinajstić information content (AvgIpc) is 2.74. The van der Waals surface area contributed by atoms with Gasteiger partial charge in [-0.2, -0.15) is 0 Å². The van der Waals surface area contributed by atoms with Crippen LogP contribution in [0.1, 0.15) is 44.4 Å². The fraction of sp³-hybridized carbons (Fsp3) is 0.571. The highest BCUT2D eigenvalue weighted by Crippen LogP contribution is 2.49. The molecule has 0 aliphatic carbocycles. The first-order valence-corrected chi connectivity index (χ1v) is 6.29. The summed E-state index contributed by atoms with van der Waals surface area (Å²) in [6, 6.07) is 4.20. The Morgan fingerprint density at radius 3 is 2.82 bits per heavy atom. The third kappa shape index (κ3) is 1.53. The third-order valence-corrected chi connectivity index (χ3v) is 3.65. The number of hydrogen-bond acceptors (Lipinski definition) is 3. The smallest absolute Gasteiger partial charge is 0.166 e. The lowest BCUT2D eigenvalue weighted by molar-refractivity contribution is 0.127. The first-order valence-electron chi connectivity index (χ1n) is 6.29. The van der Waals surface area contributed by atoms with E-state index < -0.39 is 0 Å². The summed E-state index contributed by atoms with van der Waals surface area (Å²) >= 11 is 0. The molecule has 2 aliphatic heterocycles. The molecule has 1 aromatic carbocycles. The van der Waals surface area contributed by atoms with Gasteiger partial charge in [0.15, 0.2) is 11.5 Å². The number of fused-ring (bicyclic) bond motifs is 3. The maximum atomic E-state index is 6.18. The molecule has 0 radical (unpaired) electrons. The maximum Gasteiger partial charge on any atom is 0.166 e. The highest BCUT2D eigenvalue weighted by molar-refractivity contribution is 5.57. The zero-order valence-corrected chi connectivity index (χ0v) is 10.6. The van der Waals surface area contributed by atoms with Crippen LogP contribution in [-0.2, 0) is 6.42 Å². The van der Waals surface area contributed by atoms with Crippen LogP contribution in [-0.4, -0.2) is 11.7 Å². The van der Waals surface area contributed by atoms with Crippen molar-refractivity contribution in [1.82, 2.24) is 0 Å². The van der Waals surface area contributed by atoms with Gasteiger partial charge >= 0.3 is 0 Å². The first kappa shape index (κ1) is 10.9. The minimum absolute atomic E-state index is 0.0207. The van der Waals surface area contributed by atoms with Gasteiger partial charge in [0, 0.05) is 17.5 Å². The minimum atomic E-state index is -0.130. The zero-order valence-electron chi connectivity index (χ0n) is 10.6. The number of ether oxygens (including phenoxy) is 2. The Bertz CT molecular complexity index is 468. The van der Waals surface area contributed by atoms with E-state index in [1.54, 1.807) is 0 Å². The van der Waals surface area contributed by atoms with Crippen LogP contribution in [0.3, 0.4) is 0 Å². The first-order chi connectivity index (χ1) is 8.02. The topological polar surface area (TPSA) is 44.5 Å². The van der Waals surface area contributed by atoms with Crippen LogP contribution in [0.2, 0.25) is 0 Å². The van der Waals surface area contributed by atoms with E-state index in [0.717, 1.165) is 29.9 Å². The van der Waals surface area contributed by atoms with Crippen LogP contribution < -0.4 is 15.2 Å². The van der Waals surface area contributed by atoms with E-state index in [0.29, 0.717) is 0 Å². The second-order valence-corrected chi connectivity index (χ2v) is 5.60. The van der Waals surface area contributed by atoms with Gasteiger partial charge < -0.3 is 15.2 Å². The summed E-state index contributed by atoms with van der Waals surface area (Å²) in [5, 5.41) is 0. The fourth-order valence-electron chi connectivity index (χ4n) is 2.79. The van der Waals surface area contributed by atoms with Crippen molar-refractivity contribution < 1.29 is 9.47 Å². The summed E-state index contributed by atoms with van der Waals surface area (Å²) < 4.78 is 12.0. The summed E-state index contributed by atoms with van der Waals surface area (Å²) in [6.07, 6.45) is 1.95. The molecule has 0 bridgehead atoms. The second kappa shape index (κ2) is 3.39. The molecule has 2 unspecified atom stereocenters. The molecule has 2 atom stereocenters. The van der Waals surface area contributed by atoms with Crippen LogP contribution in [0.5, 0.6) is 11.5 Å². The molecule has 0 saturated heterocycles. The van der Waals surface area contributed by atoms with Gasteiger partial charge in [0.25, 0.3) is 0 Å². The molecule has 3 heteroatoms. The van der Waals surface area contributed by atoms with E-state index in [1.807, 2.05) is 0 Å². The zero-order chi connectivity index (χ0) is 12.2. The van der Waals surface area contributed by atoms with Crippen molar-refractivity contribution in [3.63, 3.8) is 0 Å². The monoisotopic (exact) mass is 233 g/mol. The largest absolute Gasteiger partial charge is 0.484 e. The van der Waals surface area contributed by atoms with Gasteiger partial charge in [-0.1, -0.05) is 19.1 Å². The van der Waals surface area contributed by atoms with Crippen molar-refractivity contribution in [1.29, 1.82) is 0 Å². The Morgan fingerprint density at radius 1 is 1.35 bits per heavy atom. The van der Waals surface area contributed by atoms with Gasteiger partial charge in [0.05, 0.1) is 6.04 Å². The molecule has 3 nitrogen and oxygen atoms in total. The Balaban J connectivity index is 2.06. The molecule has 0 aromatic heterocycles. The molecule has 3 rings (SSSR count). The molecular formula is C14H19NO2. The molecule has 0 fully saturated rings. The van der Waals surface area contributed by atoms with Gasteiger partial charge in [-0.15, -0.1) is 0 Å². The Hall–Kier alpha value is -1.22. The van der Waals surface area contributed by atoms with Gasteiger partial charge in [-0.3, -0.25) is 0 Å². The normalized spacial score (nSPS) is 28.2. The predicted octanol–water partition coefficient (Wildman–Crippen LogP) is 2.57. The van der Waals surface area contributed by atoms with Crippen molar-refractivity contribution in [2.45, 2.75) is 51.4 Å². The van der Waals surface area contributed by atoms with Crippen molar-refractivity contribution in [3.05, 3.63) is 23.3 Å². The molecule has 1 aromatic rings. The van der Waals surface area contributed by atoms with Gasteiger partial charge in [-0.25, -0.2) is 0 Å². The quantitative estimate of drug-likeness (QED) is 0.810. The highest BCUT2D eigenvalue weighted by Gasteiger charge is 2.39. The van der Waals surface area contributed by atoms with Crippen LogP contribution in [0.4, 0.5) is 0 Å². The number of nitrogens with two attached hydrogens (primary N) is 1. The van der Waals surface area contributed by atoms with Crippen molar-refractivity contribution in [2.24, 2.45) is 5.73 Å². The molecule has 92 valence electrons. The molecule has 2 heterocycles. The van der Waals surface area contributed by atoms with E-state index in [4.69, 9.17) is 15.2 Å². The second-order valence-electron chi connectivity index (χ2n) is 5.60.